The van der Waals surface area contributed by atoms with Crippen molar-refractivity contribution in [3.63, 3.8) is 0 Å². The van der Waals surface area contributed by atoms with E-state index in [1.165, 1.54) is 13.8 Å². The van der Waals surface area contributed by atoms with Crippen LogP contribution in [0.2, 0.25) is 0 Å². The zero-order chi connectivity index (χ0) is 15.8. The second-order valence-electron chi connectivity index (χ2n) is 4.75. The molecule has 1 saturated heterocycles. The van der Waals surface area contributed by atoms with Gasteiger partial charge in [0.1, 0.15) is 18.0 Å². The predicted molar refractivity (Wildman–Crippen MR) is 70.7 cm³/mol. The molecule has 2 heterocycles. The number of aliphatic hydroxyl groups excluding tert-OH is 2. The fraction of sp³-hybridized carbons (Fsp3) is 0.583. The average Bonchev–Trinajstić information content (AvgIpc) is 2.64. The van der Waals surface area contributed by atoms with Crippen LogP contribution in [0.15, 0.2) is 11.0 Å². The third-order valence-corrected chi connectivity index (χ3v) is 3.18. The molecule has 1 fully saturated rings. The Kier molecular flexibility index (Phi) is 3.97. The zero-order valence-electron chi connectivity index (χ0n) is 11.5. The highest BCUT2D eigenvalue weighted by atomic mass is 16.6. The van der Waals surface area contributed by atoms with E-state index in [0.29, 0.717) is 0 Å². The SMILES string of the molecule is CC#CC1(O)[C@@H](O)[C@@H]([C@@H](C)O)O[C@H]1n1ncc(N)nc1=O. The lowest BCUT2D eigenvalue weighted by molar-refractivity contribution is -0.0946. The van der Waals surface area contributed by atoms with E-state index in [1.54, 1.807) is 0 Å². The third kappa shape index (κ3) is 2.50. The summed E-state index contributed by atoms with van der Waals surface area (Å²) in [6.07, 6.45) is -4.06. The van der Waals surface area contributed by atoms with Crippen molar-refractivity contribution in [1.82, 2.24) is 14.8 Å². The maximum Gasteiger partial charge on any atom is 0.368 e. The molecule has 5 N–H and O–H groups in total. The van der Waals surface area contributed by atoms with Crippen LogP contribution in [0.1, 0.15) is 20.1 Å². The van der Waals surface area contributed by atoms with Crippen LogP contribution in [0, 0.1) is 11.8 Å². The van der Waals surface area contributed by atoms with Crippen LogP contribution < -0.4 is 11.4 Å². The van der Waals surface area contributed by atoms with Crippen molar-refractivity contribution >= 4 is 5.82 Å². The minimum Gasteiger partial charge on any atom is -0.391 e. The summed E-state index contributed by atoms with van der Waals surface area (Å²) in [6.45, 7) is 2.84. The maximum absolute atomic E-state index is 11.8. The van der Waals surface area contributed by atoms with Gasteiger partial charge in [-0.2, -0.15) is 14.8 Å². The first-order valence-corrected chi connectivity index (χ1v) is 6.20. The van der Waals surface area contributed by atoms with Crippen LogP contribution in [0.5, 0.6) is 0 Å². The van der Waals surface area contributed by atoms with E-state index in [2.05, 4.69) is 21.9 Å². The number of nitrogen functional groups attached to an aromatic ring is 1. The van der Waals surface area contributed by atoms with Crippen molar-refractivity contribution in [2.24, 2.45) is 0 Å². The smallest absolute Gasteiger partial charge is 0.368 e. The van der Waals surface area contributed by atoms with Crippen molar-refractivity contribution in [3.05, 3.63) is 16.7 Å². The summed E-state index contributed by atoms with van der Waals surface area (Å²) >= 11 is 0. The first kappa shape index (κ1) is 15.4. The van der Waals surface area contributed by atoms with Crippen LogP contribution in [0.4, 0.5) is 5.82 Å². The minimum atomic E-state index is -2.11. The molecule has 0 radical (unpaired) electrons. The van der Waals surface area contributed by atoms with Gasteiger partial charge in [-0.15, -0.1) is 5.92 Å². The molecule has 9 nitrogen and oxygen atoms in total. The van der Waals surface area contributed by atoms with Crippen LogP contribution in [-0.2, 0) is 4.74 Å². The highest BCUT2D eigenvalue weighted by Crippen LogP contribution is 2.38. The predicted octanol–water partition coefficient (Wildman–Crippen LogP) is -2.39. The molecule has 1 aromatic rings. The summed E-state index contributed by atoms with van der Waals surface area (Å²) in [5.41, 5.74) is 2.38. The summed E-state index contributed by atoms with van der Waals surface area (Å²) in [5, 5.41) is 34.1. The summed E-state index contributed by atoms with van der Waals surface area (Å²) in [4.78, 5) is 15.3. The molecule has 0 amide bonds. The number of aromatic nitrogens is 3. The van der Waals surface area contributed by atoms with Gasteiger partial charge in [0.25, 0.3) is 0 Å². The van der Waals surface area contributed by atoms with Gasteiger partial charge in [0.15, 0.2) is 6.23 Å². The fourth-order valence-electron chi connectivity index (χ4n) is 2.20. The molecule has 0 bridgehead atoms. The molecule has 1 aliphatic heterocycles. The maximum atomic E-state index is 11.8. The van der Waals surface area contributed by atoms with Gasteiger partial charge in [-0.3, -0.25) is 0 Å². The second kappa shape index (κ2) is 5.42. The van der Waals surface area contributed by atoms with Gasteiger partial charge >= 0.3 is 5.69 Å². The number of nitrogens with zero attached hydrogens (tertiary/aromatic N) is 3. The van der Waals surface area contributed by atoms with Crippen molar-refractivity contribution in [3.8, 4) is 11.8 Å². The number of aliphatic hydroxyl groups is 3. The van der Waals surface area contributed by atoms with Crippen molar-refractivity contribution in [2.75, 3.05) is 5.73 Å². The Morgan fingerprint density at radius 1 is 1.62 bits per heavy atom. The molecule has 0 saturated carbocycles. The number of hydrogen-bond acceptors (Lipinski definition) is 8. The van der Waals surface area contributed by atoms with Crippen molar-refractivity contribution in [1.29, 1.82) is 0 Å². The van der Waals surface area contributed by atoms with E-state index in [0.717, 1.165) is 10.9 Å². The normalized spacial score (nSPS) is 33.3. The van der Waals surface area contributed by atoms with Gasteiger partial charge in [0, 0.05) is 0 Å². The Morgan fingerprint density at radius 3 is 2.81 bits per heavy atom. The average molecular weight is 296 g/mol. The Morgan fingerprint density at radius 2 is 2.29 bits per heavy atom. The molecule has 9 heteroatoms. The standard InChI is InChI=1S/C12H16N4O5/c1-3-4-12(20)9(18)8(6(2)17)21-10(12)16-11(19)15-7(13)5-14-16/h5-6,8-10,17-18,20H,1-2H3,(H2,13,15,19)/t6-,8-,9+,10-,12?/m1/s1. The quantitative estimate of drug-likeness (QED) is 0.443. The monoisotopic (exact) mass is 296 g/mol. The summed E-state index contributed by atoms with van der Waals surface area (Å²) in [6, 6.07) is 0. The van der Waals surface area contributed by atoms with Gasteiger partial charge in [0.2, 0.25) is 5.60 Å². The topological polar surface area (TPSA) is 144 Å². The summed E-state index contributed by atoms with van der Waals surface area (Å²) in [7, 11) is 0. The third-order valence-electron chi connectivity index (χ3n) is 3.18. The van der Waals surface area contributed by atoms with Gasteiger partial charge in [-0.05, 0) is 13.8 Å². The van der Waals surface area contributed by atoms with Gasteiger partial charge < -0.3 is 25.8 Å². The van der Waals surface area contributed by atoms with E-state index < -0.39 is 35.8 Å². The van der Waals surface area contributed by atoms with Crippen molar-refractivity contribution in [2.45, 2.75) is 44.0 Å². The van der Waals surface area contributed by atoms with Crippen LogP contribution >= 0.6 is 0 Å². The lowest BCUT2D eigenvalue weighted by Crippen LogP contribution is -2.49. The molecule has 114 valence electrons. The summed E-state index contributed by atoms with van der Waals surface area (Å²) < 4.78 is 6.11. The Hall–Kier alpha value is -1.99. The molecule has 5 atom stereocenters. The molecule has 1 aliphatic rings. The number of anilines is 1. The molecule has 1 aromatic heterocycles. The fourth-order valence-corrected chi connectivity index (χ4v) is 2.20. The molecular formula is C12H16N4O5. The molecule has 0 aliphatic carbocycles. The van der Waals surface area contributed by atoms with Crippen LogP contribution in [0.25, 0.3) is 0 Å². The highest BCUT2D eigenvalue weighted by Gasteiger charge is 2.57. The molecule has 1 unspecified atom stereocenters. The highest BCUT2D eigenvalue weighted by molar-refractivity contribution is 5.23. The first-order chi connectivity index (χ1) is 9.81. The Bertz CT molecular complexity index is 649. The number of rotatable bonds is 2. The van der Waals surface area contributed by atoms with Crippen molar-refractivity contribution < 1.29 is 20.1 Å². The van der Waals surface area contributed by atoms with E-state index in [4.69, 9.17) is 10.5 Å². The van der Waals surface area contributed by atoms with Crippen LogP contribution in [0.3, 0.4) is 0 Å². The lowest BCUT2D eigenvalue weighted by atomic mass is 9.93. The van der Waals surface area contributed by atoms with E-state index >= 15 is 0 Å². The van der Waals surface area contributed by atoms with Crippen LogP contribution in [-0.4, -0.2) is 54.0 Å². The Balaban J connectivity index is 2.54. The molecule has 2 rings (SSSR count). The largest absolute Gasteiger partial charge is 0.391 e. The van der Waals surface area contributed by atoms with E-state index in [9.17, 15) is 20.1 Å². The zero-order valence-corrected chi connectivity index (χ0v) is 11.5. The van der Waals surface area contributed by atoms with Gasteiger partial charge in [-0.1, -0.05) is 5.92 Å². The van der Waals surface area contributed by atoms with E-state index in [1.807, 2.05) is 0 Å². The molecular weight excluding hydrogens is 280 g/mol. The molecule has 0 spiro atoms. The van der Waals surface area contributed by atoms with Gasteiger partial charge in [-0.25, -0.2) is 4.79 Å². The number of ether oxygens (including phenoxy) is 1. The number of hydrogen-bond donors (Lipinski definition) is 4. The van der Waals surface area contributed by atoms with Gasteiger partial charge in [0.05, 0.1) is 12.3 Å². The number of nitrogens with two attached hydrogens (primary N) is 1. The first-order valence-electron chi connectivity index (χ1n) is 6.20. The Labute approximate surface area is 120 Å². The van der Waals surface area contributed by atoms with E-state index in [-0.39, 0.29) is 5.82 Å². The molecule has 0 aromatic carbocycles. The summed E-state index contributed by atoms with van der Waals surface area (Å²) in [5.74, 6) is 4.78. The molecule has 21 heavy (non-hydrogen) atoms. The minimum absolute atomic E-state index is 0.0908. The second-order valence-corrected chi connectivity index (χ2v) is 4.75. The lowest BCUT2D eigenvalue weighted by Gasteiger charge is -2.25.